The number of amides is 2. The Morgan fingerprint density at radius 1 is 0.755 bits per heavy atom. The Morgan fingerprint density at radius 3 is 2.00 bits per heavy atom. The molecule has 4 aromatic rings. The molecule has 4 N–H and O–H groups in total. The first kappa shape index (κ1) is 33.5. The van der Waals surface area contributed by atoms with Crippen molar-refractivity contribution in [2.75, 3.05) is 20.2 Å². The number of aryl methyl sites for hydroxylation is 1. The molecule has 2 amide bonds. The van der Waals surface area contributed by atoms with Crippen LogP contribution in [0.2, 0.25) is 10.0 Å². The van der Waals surface area contributed by atoms with Crippen LogP contribution in [-0.2, 0) is 22.6 Å². The molecule has 2 fully saturated rings. The second kappa shape index (κ2) is 14.8. The van der Waals surface area contributed by atoms with Crippen LogP contribution in [0, 0.1) is 0 Å². The second-order valence-electron chi connectivity index (χ2n) is 13.0. The van der Waals surface area contributed by atoms with Gasteiger partial charge in [0.1, 0.15) is 0 Å². The van der Waals surface area contributed by atoms with Crippen molar-refractivity contribution in [2.45, 2.75) is 69.6 Å². The Labute approximate surface area is 296 Å². The fourth-order valence-electron chi connectivity index (χ4n) is 7.15. The zero-order valence-corrected chi connectivity index (χ0v) is 29.0. The third-order valence-electron chi connectivity index (χ3n) is 9.75. The Balaban J connectivity index is 1.10. The number of fused-ring (bicyclic) bond motifs is 1. The van der Waals surface area contributed by atoms with E-state index in [-0.39, 0.29) is 29.9 Å². The smallest absolute Gasteiger partial charge is 0.220 e. The van der Waals surface area contributed by atoms with Gasteiger partial charge in [-0.25, -0.2) is 4.98 Å². The van der Waals surface area contributed by atoms with Crippen molar-refractivity contribution in [3.63, 3.8) is 0 Å². The highest BCUT2D eigenvalue weighted by atomic mass is 35.5. The third kappa shape index (κ3) is 7.31. The lowest BCUT2D eigenvalue weighted by Crippen LogP contribution is -2.38. The largest absolute Gasteiger partial charge is 0.481 e. The lowest BCUT2D eigenvalue weighted by atomic mass is 9.90. The van der Waals surface area contributed by atoms with Crippen LogP contribution in [0.15, 0.2) is 60.7 Å². The Hall–Kier alpha value is -4.02. The molecule has 0 saturated carbocycles. The van der Waals surface area contributed by atoms with E-state index in [4.69, 9.17) is 37.9 Å². The van der Waals surface area contributed by atoms with E-state index in [0.717, 1.165) is 77.9 Å². The standard InChI is InChI=1S/C38H40Cl2N6O3/c1-49-38-22(19-41-20-23-12-17-34(47)43-23)11-15-33(46-38)29-8-3-6-26(37(29)40)25-5-2-7-28(36(25)39)32-16-14-27-30(9-4-10-31(27)45-32)42-21-24-13-18-35(48)44-24/h2-3,5-8,11,14-16,23-24,30,41-42H,4,9-10,12-13,17-21H2,1H3,(H,43,47)(H,44,48)/t23-,24-,30?/m0/s1. The molecule has 4 heterocycles. The number of halogens is 2. The van der Waals surface area contributed by atoms with Crippen LogP contribution in [0.5, 0.6) is 5.88 Å². The minimum absolute atomic E-state index is 0.105. The van der Waals surface area contributed by atoms with Crippen LogP contribution in [0.25, 0.3) is 33.6 Å². The molecule has 2 saturated heterocycles. The number of rotatable bonds is 11. The summed E-state index contributed by atoms with van der Waals surface area (Å²) in [6.45, 7) is 2.01. The Bertz CT molecular complexity index is 1880. The van der Waals surface area contributed by atoms with Gasteiger partial charge in [0.15, 0.2) is 0 Å². The highest BCUT2D eigenvalue weighted by Gasteiger charge is 2.26. The summed E-state index contributed by atoms with van der Waals surface area (Å²) in [7, 11) is 1.61. The van der Waals surface area contributed by atoms with Gasteiger partial charge in [-0.15, -0.1) is 0 Å². The number of hydrogen-bond acceptors (Lipinski definition) is 7. The van der Waals surface area contributed by atoms with Crippen molar-refractivity contribution >= 4 is 35.0 Å². The molecule has 0 radical (unpaired) electrons. The molecule has 0 bridgehead atoms. The van der Waals surface area contributed by atoms with E-state index in [0.29, 0.717) is 47.6 Å². The Kier molecular flexibility index (Phi) is 10.1. The molecule has 2 aromatic heterocycles. The maximum atomic E-state index is 11.6. The molecule has 3 aliphatic rings. The minimum Gasteiger partial charge on any atom is -0.481 e. The zero-order valence-electron chi connectivity index (χ0n) is 27.5. The van der Waals surface area contributed by atoms with Crippen LogP contribution >= 0.6 is 23.2 Å². The SMILES string of the molecule is COc1nc(-c2cccc(-c3cccc(-c4ccc5c(n4)CCCC5NC[C@@H]4CCC(=O)N4)c3Cl)c2Cl)ccc1CNC[C@@H]1CCC(=O)N1. The normalized spacial score (nSPS) is 20.2. The fraction of sp³-hybridized carbons (Fsp3) is 0.368. The highest BCUT2D eigenvalue weighted by molar-refractivity contribution is 6.39. The number of methoxy groups -OCH3 is 1. The van der Waals surface area contributed by atoms with Crippen LogP contribution in [0.3, 0.4) is 0 Å². The summed E-state index contributed by atoms with van der Waals surface area (Å²) in [6, 6.07) is 20.6. The fourth-order valence-corrected chi connectivity index (χ4v) is 7.80. The third-order valence-corrected chi connectivity index (χ3v) is 10.6. The van der Waals surface area contributed by atoms with Crippen LogP contribution in [-0.4, -0.2) is 54.1 Å². The van der Waals surface area contributed by atoms with Gasteiger partial charge in [-0.1, -0.05) is 71.7 Å². The lowest BCUT2D eigenvalue weighted by Gasteiger charge is -2.27. The van der Waals surface area contributed by atoms with Gasteiger partial charge < -0.3 is 26.0 Å². The molecule has 0 spiro atoms. The monoisotopic (exact) mass is 698 g/mol. The van der Waals surface area contributed by atoms with Gasteiger partial charge in [0.05, 0.1) is 28.5 Å². The topological polar surface area (TPSA) is 117 Å². The van der Waals surface area contributed by atoms with Gasteiger partial charge in [0.2, 0.25) is 17.7 Å². The van der Waals surface area contributed by atoms with Crippen molar-refractivity contribution in [2.24, 2.45) is 0 Å². The first-order valence-electron chi connectivity index (χ1n) is 17.0. The van der Waals surface area contributed by atoms with E-state index < -0.39 is 0 Å². The van der Waals surface area contributed by atoms with Crippen LogP contribution < -0.4 is 26.0 Å². The van der Waals surface area contributed by atoms with Gasteiger partial charge in [-0.3, -0.25) is 14.6 Å². The maximum Gasteiger partial charge on any atom is 0.220 e. The number of nitrogens with zero attached hydrogens (tertiary/aromatic N) is 2. The number of carbonyl (C=O) groups excluding carboxylic acids is 2. The van der Waals surface area contributed by atoms with Crippen molar-refractivity contribution in [1.82, 2.24) is 31.2 Å². The number of nitrogens with one attached hydrogen (secondary N) is 4. The number of pyridine rings is 2. The van der Waals surface area contributed by atoms with E-state index in [1.165, 1.54) is 5.56 Å². The minimum atomic E-state index is 0.105. The average Bonchev–Trinajstić information content (AvgIpc) is 3.74. The van der Waals surface area contributed by atoms with Gasteiger partial charge in [0, 0.05) is 84.1 Å². The van der Waals surface area contributed by atoms with Crippen molar-refractivity contribution in [3.8, 4) is 39.5 Å². The van der Waals surface area contributed by atoms with Crippen molar-refractivity contribution in [3.05, 3.63) is 87.5 Å². The van der Waals surface area contributed by atoms with E-state index in [2.05, 4.69) is 33.4 Å². The number of carbonyl (C=O) groups is 2. The summed E-state index contributed by atoms with van der Waals surface area (Å²) in [4.78, 5) is 33.1. The molecule has 9 nitrogen and oxygen atoms in total. The zero-order chi connectivity index (χ0) is 33.9. The molecule has 1 aliphatic carbocycles. The molecule has 254 valence electrons. The maximum absolute atomic E-state index is 11.6. The highest BCUT2D eigenvalue weighted by Crippen LogP contribution is 2.42. The van der Waals surface area contributed by atoms with Crippen molar-refractivity contribution in [1.29, 1.82) is 0 Å². The summed E-state index contributed by atoms with van der Waals surface area (Å²) >= 11 is 14.3. The lowest BCUT2D eigenvalue weighted by molar-refractivity contribution is -0.120. The summed E-state index contributed by atoms with van der Waals surface area (Å²) < 4.78 is 5.66. The van der Waals surface area contributed by atoms with Gasteiger partial charge >= 0.3 is 0 Å². The predicted octanol–water partition coefficient (Wildman–Crippen LogP) is 6.41. The van der Waals surface area contributed by atoms with Gasteiger partial charge in [0.25, 0.3) is 0 Å². The molecule has 7 rings (SSSR count). The summed E-state index contributed by atoms with van der Waals surface area (Å²) in [5.74, 6) is 0.759. The van der Waals surface area contributed by atoms with Gasteiger partial charge in [-0.2, -0.15) is 0 Å². The van der Waals surface area contributed by atoms with Crippen LogP contribution in [0.1, 0.15) is 61.4 Å². The summed E-state index contributed by atoms with van der Waals surface area (Å²) in [5, 5.41) is 14.2. The van der Waals surface area contributed by atoms with E-state index in [9.17, 15) is 9.59 Å². The molecular formula is C38H40Cl2N6O3. The van der Waals surface area contributed by atoms with Crippen molar-refractivity contribution < 1.29 is 14.3 Å². The number of hydrogen-bond donors (Lipinski definition) is 4. The molecule has 11 heteroatoms. The predicted molar refractivity (Wildman–Crippen MR) is 193 cm³/mol. The number of ether oxygens (including phenoxy) is 1. The first-order chi connectivity index (χ1) is 23.9. The summed E-state index contributed by atoms with van der Waals surface area (Å²) in [5.41, 5.74) is 7.98. The first-order valence-corrected chi connectivity index (χ1v) is 17.8. The second-order valence-corrected chi connectivity index (χ2v) is 13.8. The number of aromatic nitrogens is 2. The quantitative estimate of drug-likeness (QED) is 0.143. The van der Waals surface area contributed by atoms with E-state index in [1.54, 1.807) is 7.11 Å². The molecule has 2 aliphatic heterocycles. The number of benzene rings is 2. The van der Waals surface area contributed by atoms with E-state index >= 15 is 0 Å². The molecule has 49 heavy (non-hydrogen) atoms. The van der Waals surface area contributed by atoms with E-state index in [1.807, 2.05) is 48.5 Å². The Morgan fingerprint density at radius 2 is 1.37 bits per heavy atom. The molecule has 1 unspecified atom stereocenters. The van der Waals surface area contributed by atoms with Crippen LogP contribution in [0.4, 0.5) is 0 Å². The average molecular weight is 700 g/mol. The van der Waals surface area contributed by atoms with Gasteiger partial charge in [-0.05, 0) is 49.8 Å². The molecular weight excluding hydrogens is 659 g/mol. The molecule has 3 atom stereocenters. The summed E-state index contributed by atoms with van der Waals surface area (Å²) in [6.07, 6.45) is 5.91. The molecule has 2 aromatic carbocycles.